The van der Waals surface area contributed by atoms with Gasteiger partial charge in [-0.25, -0.2) is 23.1 Å². The van der Waals surface area contributed by atoms with Crippen molar-refractivity contribution in [2.45, 2.75) is 36.6 Å². The molecule has 35 heavy (non-hydrogen) atoms. The van der Waals surface area contributed by atoms with E-state index < -0.39 is 10.0 Å². The lowest BCUT2D eigenvalue weighted by molar-refractivity contribution is 0.0317. The molecule has 4 heterocycles. The lowest BCUT2D eigenvalue weighted by Crippen LogP contribution is -2.56. The van der Waals surface area contributed by atoms with Gasteiger partial charge in [-0.15, -0.1) is 0 Å². The van der Waals surface area contributed by atoms with E-state index in [1.165, 1.54) is 12.1 Å². The number of sulfonamides is 1. The topological polar surface area (TPSA) is 99.0 Å². The summed E-state index contributed by atoms with van der Waals surface area (Å²) in [4.78, 5) is 11.9. The minimum absolute atomic E-state index is 0.0346. The number of nitrogens with zero attached hydrogens (tertiary/aromatic N) is 4. The molecule has 3 aliphatic heterocycles. The Balaban J connectivity index is 1.32. The molecule has 4 atom stereocenters. The van der Waals surface area contributed by atoms with E-state index in [0.29, 0.717) is 18.4 Å². The Morgan fingerprint density at radius 1 is 1.17 bits per heavy atom. The summed E-state index contributed by atoms with van der Waals surface area (Å²) in [5.74, 6) is 1.48. The maximum Gasteiger partial charge on any atom is 0.241 e. The molecule has 0 amide bonds. The molecule has 3 aliphatic rings. The number of hydrogen-bond acceptors (Lipinski definition) is 6. The summed E-state index contributed by atoms with van der Waals surface area (Å²) in [5, 5.41) is 9.29. The number of nitrogens with one attached hydrogen (secondary N) is 1. The van der Waals surface area contributed by atoms with Crippen molar-refractivity contribution < 1.29 is 8.42 Å². The summed E-state index contributed by atoms with van der Waals surface area (Å²) in [6.45, 7) is 4.05. The molecule has 180 valence electrons. The summed E-state index contributed by atoms with van der Waals surface area (Å²) in [6, 6.07) is 18.6. The number of aromatic nitrogens is 2. The fraction of sp³-hybridized carbons (Fsp3) is 0.346. The quantitative estimate of drug-likeness (QED) is 0.491. The van der Waals surface area contributed by atoms with Gasteiger partial charge < -0.3 is 0 Å². The van der Waals surface area contributed by atoms with Crippen LogP contribution in [0.25, 0.3) is 11.3 Å². The third kappa shape index (κ3) is 4.89. The summed E-state index contributed by atoms with van der Waals surface area (Å²) in [7, 11) is -3.76. The van der Waals surface area contributed by atoms with Gasteiger partial charge in [-0.3, -0.25) is 4.90 Å². The van der Waals surface area contributed by atoms with Crippen LogP contribution < -0.4 is 4.72 Å². The minimum atomic E-state index is -3.76. The van der Waals surface area contributed by atoms with Gasteiger partial charge in [0.2, 0.25) is 10.0 Å². The van der Waals surface area contributed by atoms with E-state index in [1.807, 2.05) is 31.2 Å². The molecule has 0 radical (unpaired) electrons. The zero-order valence-corrected chi connectivity index (χ0v) is 21.8. The van der Waals surface area contributed by atoms with Crippen LogP contribution in [0.4, 0.5) is 0 Å². The summed E-state index contributed by atoms with van der Waals surface area (Å²) < 4.78 is 29.5. The van der Waals surface area contributed by atoms with Crippen LogP contribution in [-0.4, -0.2) is 49.0 Å². The first-order valence-electron chi connectivity index (χ1n) is 11.7. The molecule has 1 aromatic heterocycles. The van der Waals surface area contributed by atoms with Crippen molar-refractivity contribution in [1.29, 1.82) is 5.26 Å². The Hall–Kier alpha value is -2.64. The van der Waals surface area contributed by atoms with Crippen molar-refractivity contribution in [1.82, 2.24) is 19.6 Å². The SMILES string of the molecule is Cc1nc(-c2ccccc2Br)cc([C@H]2CN3CC[C@H]2C[C@@H]3CNS(=O)(=O)c2ccccc2C#N)n1. The number of benzene rings is 2. The van der Waals surface area contributed by atoms with Crippen LogP contribution in [0, 0.1) is 24.2 Å². The van der Waals surface area contributed by atoms with E-state index in [4.69, 9.17) is 4.98 Å². The number of rotatable bonds is 6. The highest BCUT2D eigenvalue weighted by atomic mass is 79.9. The number of aryl methyl sites for hydroxylation is 1. The van der Waals surface area contributed by atoms with Crippen LogP contribution in [-0.2, 0) is 10.0 Å². The molecule has 3 fully saturated rings. The lowest BCUT2D eigenvalue weighted by Gasteiger charge is -2.49. The van der Waals surface area contributed by atoms with Gasteiger partial charge in [-0.2, -0.15) is 5.26 Å². The van der Waals surface area contributed by atoms with Gasteiger partial charge in [0.1, 0.15) is 11.9 Å². The van der Waals surface area contributed by atoms with Crippen LogP contribution in [0.5, 0.6) is 0 Å². The number of piperidine rings is 3. The molecule has 9 heteroatoms. The van der Waals surface area contributed by atoms with E-state index in [9.17, 15) is 13.7 Å². The first kappa shape index (κ1) is 24.1. The number of halogens is 1. The normalized spacial score (nSPS) is 23.7. The van der Waals surface area contributed by atoms with Crippen LogP contribution in [0.3, 0.4) is 0 Å². The maximum atomic E-state index is 12.9. The van der Waals surface area contributed by atoms with E-state index >= 15 is 0 Å². The number of fused-ring (bicyclic) bond motifs is 3. The first-order valence-corrected chi connectivity index (χ1v) is 14.0. The van der Waals surface area contributed by atoms with Gasteiger partial charge in [0.25, 0.3) is 0 Å². The molecule has 3 aromatic rings. The highest BCUT2D eigenvalue weighted by Crippen LogP contribution is 2.42. The van der Waals surface area contributed by atoms with Crippen molar-refractivity contribution >= 4 is 26.0 Å². The molecular weight excluding hydrogens is 526 g/mol. The average Bonchev–Trinajstić information content (AvgIpc) is 2.87. The minimum Gasteiger partial charge on any atom is -0.298 e. The van der Waals surface area contributed by atoms with E-state index in [0.717, 1.165) is 53.2 Å². The predicted molar refractivity (Wildman–Crippen MR) is 137 cm³/mol. The fourth-order valence-corrected chi connectivity index (χ4v) is 7.07. The molecule has 2 bridgehead atoms. The van der Waals surface area contributed by atoms with Gasteiger partial charge in [0, 0.05) is 40.8 Å². The van der Waals surface area contributed by atoms with Crippen molar-refractivity contribution in [2.24, 2.45) is 5.92 Å². The molecule has 3 saturated heterocycles. The lowest BCUT2D eigenvalue weighted by atomic mass is 9.74. The Morgan fingerprint density at radius 2 is 1.94 bits per heavy atom. The largest absolute Gasteiger partial charge is 0.298 e. The summed E-state index contributed by atoms with van der Waals surface area (Å²) >= 11 is 3.64. The monoisotopic (exact) mass is 551 g/mol. The van der Waals surface area contributed by atoms with Crippen molar-refractivity contribution in [3.63, 3.8) is 0 Å². The average molecular weight is 552 g/mol. The van der Waals surface area contributed by atoms with Gasteiger partial charge in [0.05, 0.1) is 16.2 Å². The van der Waals surface area contributed by atoms with E-state index in [2.05, 4.69) is 42.7 Å². The molecule has 0 spiro atoms. The van der Waals surface area contributed by atoms with Crippen LogP contribution in [0.15, 0.2) is 64.0 Å². The predicted octanol–water partition coefficient (Wildman–Crippen LogP) is 4.24. The smallest absolute Gasteiger partial charge is 0.241 e. The Morgan fingerprint density at radius 3 is 2.69 bits per heavy atom. The van der Waals surface area contributed by atoms with Crippen molar-refractivity contribution in [3.8, 4) is 17.3 Å². The molecule has 6 rings (SSSR count). The Kier molecular flexibility index (Phi) is 6.73. The molecule has 0 aliphatic carbocycles. The second kappa shape index (κ2) is 9.78. The first-order chi connectivity index (χ1) is 16.9. The highest BCUT2D eigenvalue weighted by Gasteiger charge is 2.41. The van der Waals surface area contributed by atoms with Crippen LogP contribution in [0.2, 0.25) is 0 Å². The van der Waals surface area contributed by atoms with Crippen molar-refractivity contribution in [3.05, 3.63) is 76.2 Å². The van der Waals surface area contributed by atoms with Gasteiger partial charge >= 0.3 is 0 Å². The molecule has 1 N–H and O–H groups in total. The fourth-order valence-electron chi connectivity index (χ4n) is 5.35. The van der Waals surface area contributed by atoms with E-state index in [1.54, 1.807) is 12.1 Å². The van der Waals surface area contributed by atoms with Gasteiger partial charge in [-0.1, -0.05) is 46.3 Å². The zero-order valence-electron chi connectivity index (χ0n) is 19.4. The maximum absolute atomic E-state index is 12.9. The molecule has 0 saturated carbocycles. The molecular formula is C26H26BrN5O2S. The zero-order chi connectivity index (χ0) is 24.6. The molecule has 7 nitrogen and oxygen atoms in total. The molecule has 2 aromatic carbocycles. The second-order valence-electron chi connectivity index (χ2n) is 9.20. The van der Waals surface area contributed by atoms with Gasteiger partial charge in [-0.05, 0) is 56.5 Å². The number of hydrogen-bond donors (Lipinski definition) is 1. The van der Waals surface area contributed by atoms with Crippen LogP contribution >= 0.6 is 15.9 Å². The summed E-state index contributed by atoms with van der Waals surface area (Å²) in [5.41, 5.74) is 3.17. The van der Waals surface area contributed by atoms with E-state index in [-0.39, 0.29) is 16.5 Å². The third-order valence-corrected chi connectivity index (χ3v) is 9.25. The van der Waals surface area contributed by atoms with Crippen LogP contribution in [0.1, 0.15) is 35.8 Å². The van der Waals surface area contributed by atoms with Crippen molar-refractivity contribution in [2.75, 3.05) is 19.6 Å². The standard InChI is InChI=1S/C26H26BrN5O2S/c1-17-30-24(21-7-3-4-8-23(21)27)13-25(31-17)22-16-32-11-10-18(22)12-20(32)15-29-35(33,34)26-9-5-2-6-19(26)14-28/h2-9,13,18,20,22,29H,10-12,15-16H2,1H3/t18-,20+,22-/m0/s1. The summed E-state index contributed by atoms with van der Waals surface area (Å²) in [6.07, 6.45) is 1.97. The Bertz CT molecular complexity index is 1400. The second-order valence-corrected chi connectivity index (χ2v) is 11.8. The van der Waals surface area contributed by atoms with Gasteiger partial charge in [0.15, 0.2) is 0 Å². The molecule has 1 unspecified atom stereocenters. The highest BCUT2D eigenvalue weighted by molar-refractivity contribution is 9.10. The number of nitriles is 1. The third-order valence-electron chi connectivity index (χ3n) is 7.07. The Labute approximate surface area is 214 Å².